The van der Waals surface area contributed by atoms with E-state index in [0.29, 0.717) is 6.04 Å². The lowest BCUT2D eigenvalue weighted by atomic mass is 9.94. The lowest BCUT2D eigenvalue weighted by Crippen LogP contribution is -2.47. The molecular weight excluding hydrogens is 410 g/mol. The number of H-pyrrole nitrogens is 1. The molecule has 5 rings (SSSR count). The summed E-state index contributed by atoms with van der Waals surface area (Å²) in [6.07, 6.45) is 3.95. The van der Waals surface area contributed by atoms with Crippen LogP contribution >= 0.6 is 0 Å². The van der Waals surface area contributed by atoms with Crippen LogP contribution in [0.1, 0.15) is 42.6 Å². The van der Waals surface area contributed by atoms with Crippen molar-refractivity contribution in [2.45, 2.75) is 51.7 Å². The molecule has 1 aromatic heterocycles. The molecule has 0 saturated carbocycles. The first-order valence-corrected chi connectivity index (χ1v) is 12.4. The molecule has 2 aliphatic rings. The Hall–Kier alpha value is -2.70. The zero-order valence-electron chi connectivity index (χ0n) is 19.6. The molecule has 33 heavy (non-hydrogen) atoms. The monoisotopic (exact) mass is 445 g/mol. The van der Waals surface area contributed by atoms with Crippen LogP contribution < -0.4 is 5.32 Å². The van der Waals surface area contributed by atoms with Crippen LogP contribution in [0.15, 0.2) is 48.5 Å². The number of nitrogens with one attached hydrogen (secondary N) is 2. The number of nitrogens with zero attached hydrogens (tertiary/aromatic N) is 3. The van der Waals surface area contributed by atoms with Crippen LogP contribution in [-0.2, 0) is 17.9 Å². The van der Waals surface area contributed by atoms with Gasteiger partial charge in [-0.3, -0.25) is 14.6 Å². The predicted molar refractivity (Wildman–Crippen MR) is 132 cm³/mol. The second-order valence-electron chi connectivity index (χ2n) is 9.80. The third-order valence-corrected chi connectivity index (χ3v) is 7.20. The average Bonchev–Trinajstić information content (AvgIpc) is 3.23. The fourth-order valence-corrected chi connectivity index (χ4v) is 5.21. The second-order valence-corrected chi connectivity index (χ2v) is 9.80. The minimum Gasteiger partial charge on any atom is -0.353 e. The smallest absolute Gasteiger partial charge is 0.223 e. The molecular formula is C27H35N5O. The normalized spacial score (nSPS) is 19.2. The van der Waals surface area contributed by atoms with Crippen molar-refractivity contribution in [3.05, 3.63) is 65.5 Å². The number of hydrogen-bond acceptors (Lipinski definition) is 4. The Bertz CT molecular complexity index is 1060. The van der Waals surface area contributed by atoms with E-state index in [1.165, 1.54) is 11.1 Å². The quantitative estimate of drug-likeness (QED) is 0.605. The fourth-order valence-electron chi connectivity index (χ4n) is 5.21. The van der Waals surface area contributed by atoms with Crippen LogP contribution in [-0.4, -0.2) is 57.9 Å². The number of rotatable bonds is 6. The van der Waals surface area contributed by atoms with Crippen molar-refractivity contribution in [1.82, 2.24) is 25.1 Å². The van der Waals surface area contributed by atoms with Crippen molar-refractivity contribution in [2.24, 2.45) is 5.92 Å². The molecule has 0 atom stereocenters. The van der Waals surface area contributed by atoms with Gasteiger partial charge in [0.2, 0.25) is 5.91 Å². The topological polar surface area (TPSA) is 64.3 Å². The molecule has 2 fully saturated rings. The molecule has 2 aliphatic heterocycles. The number of hydrogen-bond donors (Lipinski definition) is 2. The Morgan fingerprint density at radius 3 is 2.42 bits per heavy atom. The molecule has 2 saturated heterocycles. The molecule has 2 N–H and O–H groups in total. The number of likely N-dealkylation sites (tertiary alicyclic amines) is 2. The highest BCUT2D eigenvalue weighted by Crippen LogP contribution is 2.21. The number of fused-ring (bicyclic) bond motifs is 1. The Balaban J connectivity index is 1.04. The highest BCUT2D eigenvalue weighted by Gasteiger charge is 2.28. The number of carbonyl (C=O) groups is 1. The zero-order chi connectivity index (χ0) is 22.6. The van der Waals surface area contributed by atoms with E-state index in [4.69, 9.17) is 4.98 Å². The van der Waals surface area contributed by atoms with Gasteiger partial charge in [-0.25, -0.2) is 4.98 Å². The lowest BCUT2D eigenvalue weighted by Gasteiger charge is -2.35. The summed E-state index contributed by atoms with van der Waals surface area (Å²) in [5.41, 5.74) is 4.74. The van der Waals surface area contributed by atoms with E-state index < -0.39 is 0 Å². The van der Waals surface area contributed by atoms with E-state index in [0.717, 1.165) is 81.8 Å². The number of imidazole rings is 1. The summed E-state index contributed by atoms with van der Waals surface area (Å²) in [7, 11) is 0. The molecule has 0 bridgehead atoms. The van der Waals surface area contributed by atoms with Crippen LogP contribution in [0.5, 0.6) is 0 Å². The fraction of sp³-hybridized carbons (Fsp3) is 0.481. The van der Waals surface area contributed by atoms with Crippen molar-refractivity contribution >= 4 is 16.9 Å². The molecule has 0 unspecified atom stereocenters. The number of amides is 1. The van der Waals surface area contributed by atoms with Gasteiger partial charge in [-0.1, -0.05) is 36.4 Å². The maximum Gasteiger partial charge on any atom is 0.223 e. The number of aromatic amines is 1. The number of carbonyl (C=O) groups excluding carboxylic acids is 1. The summed E-state index contributed by atoms with van der Waals surface area (Å²) in [6.45, 7) is 7.93. The molecule has 174 valence electrons. The van der Waals surface area contributed by atoms with Crippen molar-refractivity contribution in [3.8, 4) is 0 Å². The maximum atomic E-state index is 12.9. The molecule has 2 aromatic carbocycles. The number of piperidine rings is 2. The van der Waals surface area contributed by atoms with Gasteiger partial charge in [-0.2, -0.15) is 0 Å². The summed E-state index contributed by atoms with van der Waals surface area (Å²) >= 11 is 0. The van der Waals surface area contributed by atoms with Crippen molar-refractivity contribution < 1.29 is 4.79 Å². The summed E-state index contributed by atoms with van der Waals surface area (Å²) in [5.74, 6) is 1.41. The van der Waals surface area contributed by atoms with Gasteiger partial charge < -0.3 is 10.3 Å². The Labute approximate surface area is 196 Å². The number of aryl methyl sites for hydroxylation is 1. The maximum absolute atomic E-state index is 12.9. The van der Waals surface area contributed by atoms with Gasteiger partial charge in [0.25, 0.3) is 0 Å². The van der Waals surface area contributed by atoms with Gasteiger partial charge in [0, 0.05) is 31.6 Å². The Morgan fingerprint density at radius 2 is 1.67 bits per heavy atom. The van der Waals surface area contributed by atoms with Crippen LogP contribution in [0.4, 0.5) is 0 Å². The predicted octanol–water partition coefficient (Wildman–Crippen LogP) is 3.86. The van der Waals surface area contributed by atoms with Crippen molar-refractivity contribution in [2.75, 3.05) is 26.2 Å². The summed E-state index contributed by atoms with van der Waals surface area (Å²) in [4.78, 5) is 26.0. The van der Waals surface area contributed by atoms with Crippen molar-refractivity contribution in [1.29, 1.82) is 0 Å². The molecule has 3 aromatic rings. The first-order valence-electron chi connectivity index (χ1n) is 12.4. The second kappa shape index (κ2) is 10.1. The number of aromatic nitrogens is 2. The molecule has 0 spiro atoms. The first-order chi connectivity index (χ1) is 16.1. The van der Waals surface area contributed by atoms with E-state index in [2.05, 4.69) is 75.6 Å². The Morgan fingerprint density at radius 1 is 0.970 bits per heavy atom. The minimum atomic E-state index is 0.141. The molecule has 3 heterocycles. The highest BCUT2D eigenvalue weighted by molar-refractivity contribution is 5.79. The van der Waals surface area contributed by atoms with Gasteiger partial charge in [-0.15, -0.1) is 0 Å². The van der Waals surface area contributed by atoms with Crippen LogP contribution in [0.2, 0.25) is 0 Å². The Kier molecular flexibility index (Phi) is 6.74. The largest absolute Gasteiger partial charge is 0.353 e. The standard InChI is InChI=1S/C27H35N5O/c1-20-7-8-24-25(17-20)30-26(29-24)19-32-13-9-22(10-14-32)27(33)28-23-11-15-31(16-12-23)18-21-5-3-2-4-6-21/h2-8,17,22-23H,9-16,18-19H2,1H3,(H,28,33)(H,29,30). The minimum absolute atomic E-state index is 0.141. The SMILES string of the molecule is Cc1ccc2nc(CN3CCC(C(=O)NC4CCN(Cc5ccccc5)CC4)CC3)[nH]c2c1. The van der Waals surface area contributed by atoms with E-state index in [-0.39, 0.29) is 11.8 Å². The molecule has 6 heteroatoms. The third kappa shape index (κ3) is 5.63. The van der Waals surface area contributed by atoms with E-state index >= 15 is 0 Å². The van der Waals surface area contributed by atoms with E-state index in [1.54, 1.807) is 0 Å². The van der Waals surface area contributed by atoms with Crippen LogP contribution in [0, 0.1) is 12.8 Å². The lowest BCUT2D eigenvalue weighted by molar-refractivity contribution is -0.127. The van der Waals surface area contributed by atoms with Gasteiger partial charge in [-0.05, 0) is 69.0 Å². The third-order valence-electron chi connectivity index (χ3n) is 7.20. The van der Waals surface area contributed by atoms with E-state index in [9.17, 15) is 4.79 Å². The first kappa shape index (κ1) is 22.1. The van der Waals surface area contributed by atoms with Crippen LogP contribution in [0.3, 0.4) is 0 Å². The van der Waals surface area contributed by atoms with Gasteiger partial charge >= 0.3 is 0 Å². The summed E-state index contributed by atoms with van der Waals surface area (Å²) in [5, 5.41) is 3.36. The van der Waals surface area contributed by atoms with Crippen LogP contribution in [0.25, 0.3) is 11.0 Å². The average molecular weight is 446 g/mol. The van der Waals surface area contributed by atoms with Gasteiger partial charge in [0.05, 0.1) is 17.6 Å². The molecule has 0 radical (unpaired) electrons. The number of benzene rings is 2. The summed E-state index contributed by atoms with van der Waals surface area (Å²) < 4.78 is 0. The summed E-state index contributed by atoms with van der Waals surface area (Å²) in [6, 6.07) is 17.3. The van der Waals surface area contributed by atoms with Gasteiger partial charge in [0.15, 0.2) is 0 Å². The van der Waals surface area contributed by atoms with E-state index in [1.807, 2.05) is 0 Å². The van der Waals surface area contributed by atoms with Gasteiger partial charge in [0.1, 0.15) is 5.82 Å². The molecule has 0 aliphatic carbocycles. The zero-order valence-corrected chi connectivity index (χ0v) is 19.6. The highest BCUT2D eigenvalue weighted by atomic mass is 16.2. The molecule has 1 amide bonds. The van der Waals surface area contributed by atoms with Crippen molar-refractivity contribution in [3.63, 3.8) is 0 Å². The molecule has 6 nitrogen and oxygen atoms in total.